The highest BCUT2D eigenvalue weighted by Crippen LogP contribution is 2.39. The predicted octanol–water partition coefficient (Wildman–Crippen LogP) is 1.94. The van der Waals surface area contributed by atoms with Crippen LogP contribution in [0, 0.1) is 0 Å². The summed E-state index contributed by atoms with van der Waals surface area (Å²) in [6.07, 6.45) is 5.66. The van der Waals surface area contributed by atoms with Gasteiger partial charge in [0.1, 0.15) is 0 Å². The lowest BCUT2D eigenvalue weighted by Gasteiger charge is -2.32. The van der Waals surface area contributed by atoms with E-state index in [0.29, 0.717) is 5.92 Å². The van der Waals surface area contributed by atoms with E-state index in [1.54, 1.807) is 29.9 Å². The molecular weight excluding hydrogens is 343 g/mol. The van der Waals surface area contributed by atoms with Crippen molar-refractivity contribution in [3.63, 3.8) is 0 Å². The first-order valence-corrected chi connectivity index (χ1v) is 9.30. The Balaban J connectivity index is 0.000000253. The summed E-state index contributed by atoms with van der Waals surface area (Å²) >= 11 is 0. The van der Waals surface area contributed by atoms with E-state index in [2.05, 4.69) is 4.98 Å². The predicted molar refractivity (Wildman–Crippen MR) is 106 cm³/mol. The summed E-state index contributed by atoms with van der Waals surface area (Å²) in [6, 6.07) is 6.91. The maximum Gasteiger partial charge on any atom is 0.496 e. The smallest absolute Gasteiger partial charge is 0.399 e. The number of nitrogens with zero attached hydrogens (tertiary/aromatic N) is 1. The van der Waals surface area contributed by atoms with E-state index < -0.39 is 7.12 Å². The number of hydrogen-bond acceptors (Lipinski definition) is 4. The monoisotopic (exact) mass is 370 g/mol. The van der Waals surface area contributed by atoms with E-state index in [-0.39, 0.29) is 22.3 Å². The molecule has 27 heavy (non-hydrogen) atoms. The molecule has 1 N–H and O–H groups in total. The second kappa shape index (κ2) is 7.13. The zero-order chi connectivity index (χ0) is 19.8. The number of aromatic amines is 1. The van der Waals surface area contributed by atoms with Crippen LogP contribution in [-0.2, 0) is 16.4 Å². The average molecular weight is 370 g/mol. The molecule has 3 heterocycles. The van der Waals surface area contributed by atoms with E-state index in [1.165, 1.54) is 6.07 Å². The minimum absolute atomic E-state index is 0.0532. The van der Waals surface area contributed by atoms with Crippen LogP contribution >= 0.6 is 0 Å². The molecule has 2 aromatic rings. The van der Waals surface area contributed by atoms with Crippen LogP contribution in [0.3, 0.4) is 0 Å². The largest absolute Gasteiger partial charge is 0.496 e. The van der Waals surface area contributed by atoms with E-state index in [1.807, 2.05) is 40.0 Å². The van der Waals surface area contributed by atoms with Crippen LogP contribution in [0.25, 0.3) is 0 Å². The van der Waals surface area contributed by atoms with E-state index >= 15 is 0 Å². The fourth-order valence-electron chi connectivity index (χ4n) is 2.94. The van der Waals surface area contributed by atoms with Crippen molar-refractivity contribution in [2.24, 2.45) is 7.05 Å². The summed E-state index contributed by atoms with van der Waals surface area (Å²) in [4.78, 5) is 24.8. The second-order valence-corrected chi connectivity index (χ2v) is 8.23. The minimum atomic E-state index is -0.399. The maximum absolute atomic E-state index is 12.2. The van der Waals surface area contributed by atoms with Crippen LogP contribution in [0.5, 0.6) is 0 Å². The molecule has 0 atom stereocenters. The first-order valence-electron chi connectivity index (χ1n) is 9.30. The second-order valence-electron chi connectivity index (χ2n) is 8.23. The molecule has 0 unspecified atom stereocenters. The van der Waals surface area contributed by atoms with Gasteiger partial charge in [-0.2, -0.15) is 0 Å². The molecule has 4 rings (SSSR count). The lowest BCUT2D eigenvalue weighted by atomic mass is 9.79. The van der Waals surface area contributed by atoms with Crippen molar-refractivity contribution in [1.82, 2.24) is 9.55 Å². The van der Waals surface area contributed by atoms with Gasteiger partial charge in [-0.25, -0.2) is 0 Å². The zero-order valence-electron chi connectivity index (χ0n) is 16.6. The van der Waals surface area contributed by atoms with Crippen molar-refractivity contribution in [3.8, 4) is 0 Å². The summed E-state index contributed by atoms with van der Waals surface area (Å²) in [5.41, 5.74) is 1.18. The Morgan fingerprint density at radius 1 is 1.11 bits per heavy atom. The lowest BCUT2D eigenvalue weighted by molar-refractivity contribution is 0.00578. The van der Waals surface area contributed by atoms with E-state index in [0.717, 1.165) is 23.9 Å². The highest BCUT2D eigenvalue weighted by Gasteiger charge is 2.52. The molecular formula is C20H27BN2O4. The quantitative estimate of drug-likeness (QED) is 0.820. The molecule has 2 aromatic heterocycles. The number of hydrogen-bond donors (Lipinski definition) is 1. The summed E-state index contributed by atoms with van der Waals surface area (Å²) in [7, 11) is 1.40. The van der Waals surface area contributed by atoms with Gasteiger partial charge < -0.3 is 18.9 Å². The van der Waals surface area contributed by atoms with Gasteiger partial charge in [0.2, 0.25) is 5.56 Å². The Kier molecular flexibility index (Phi) is 5.19. The Bertz CT molecular complexity index is 895. The molecule has 2 aliphatic rings. The maximum atomic E-state index is 12.2. The van der Waals surface area contributed by atoms with Crippen molar-refractivity contribution in [3.05, 3.63) is 62.9 Å². The van der Waals surface area contributed by atoms with Gasteiger partial charge in [0.25, 0.3) is 5.56 Å². The van der Waals surface area contributed by atoms with Crippen LogP contribution in [-0.4, -0.2) is 27.9 Å². The lowest BCUT2D eigenvalue weighted by Crippen LogP contribution is -2.41. The standard InChI is InChI=1S/C15H22BNO3.C5H5NO/c1-14(2)15(3,4)20-16(19-14)11-8-12(10-6-7-10)13(18)17(5)9-11;7-5-3-1-2-4-6-5/h8-10H,6-7H2,1-5H3;1-4H,(H,6,7). The third-order valence-corrected chi connectivity index (χ3v) is 5.46. The highest BCUT2D eigenvalue weighted by molar-refractivity contribution is 6.62. The number of aryl methyl sites for hydroxylation is 1. The Morgan fingerprint density at radius 2 is 1.74 bits per heavy atom. The van der Waals surface area contributed by atoms with Gasteiger partial charge in [-0.05, 0) is 58.0 Å². The molecule has 144 valence electrons. The van der Waals surface area contributed by atoms with Crippen LogP contribution < -0.4 is 16.6 Å². The fraction of sp³-hybridized carbons (Fsp3) is 0.500. The molecule has 6 nitrogen and oxygen atoms in total. The summed E-state index contributed by atoms with van der Waals surface area (Å²) in [5.74, 6) is 0.427. The summed E-state index contributed by atoms with van der Waals surface area (Å²) < 4.78 is 13.8. The summed E-state index contributed by atoms with van der Waals surface area (Å²) in [5, 5.41) is 0. The molecule has 0 amide bonds. The van der Waals surface area contributed by atoms with Gasteiger partial charge in [0, 0.05) is 31.1 Å². The number of nitrogens with one attached hydrogen (secondary N) is 1. The topological polar surface area (TPSA) is 73.3 Å². The Hall–Kier alpha value is -2.12. The zero-order valence-corrected chi connectivity index (χ0v) is 16.6. The molecule has 1 aliphatic carbocycles. The Morgan fingerprint density at radius 3 is 2.19 bits per heavy atom. The van der Waals surface area contributed by atoms with Crippen molar-refractivity contribution in [2.75, 3.05) is 0 Å². The van der Waals surface area contributed by atoms with E-state index in [4.69, 9.17) is 9.31 Å². The molecule has 0 spiro atoms. The van der Waals surface area contributed by atoms with Gasteiger partial charge in [-0.15, -0.1) is 0 Å². The SMILES string of the molecule is Cn1cc(B2OC(C)(C)C(C)(C)O2)cc(C2CC2)c1=O.O=c1cccc[nH]1. The summed E-state index contributed by atoms with van der Waals surface area (Å²) in [6.45, 7) is 8.15. The van der Waals surface area contributed by atoms with Crippen LogP contribution in [0.15, 0.2) is 46.2 Å². The first kappa shape index (κ1) is 19.6. The highest BCUT2D eigenvalue weighted by atomic mass is 16.7. The number of pyridine rings is 2. The van der Waals surface area contributed by atoms with Gasteiger partial charge in [0.05, 0.1) is 11.2 Å². The van der Waals surface area contributed by atoms with Crippen molar-refractivity contribution in [1.29, 1.82) is 0 Å². The molecule has 1 saturated heterocycles. The van der Waals surface area contributed by atoms with E-state index in [9.17, 15) is 9.59 Å². The van der Waals surface area contributed by atoms with Crippen LogP contribution in [0.1, 0.15) is 52.0 Å². The third kappa shape index (κ3) is 4.25. The van der Waals surface area contributed by atoms with Crippen molar-refractivity contribution < 1.29 is 9.31 Å². The normalized spacial score (nSPS) is 20.1. The van der Waals surface area contributed by atoms with Gasteiger partial charge in [-0.3, -0.25) is 9.59 Å². The van der Waals surface area contributed by atoms with Gasteiger partial charge in [-0.1, -0.05) is 12.1 Å². The molecule has 1 aliphatic heterocycles. The first-order chi connectivity index (χ1) is 12.6. The number of H-pyrrole nitrogens is 1. The minimum Gasteiger partial charge on any atom is -0.399 e. The van der Waals surface area contributed by atoms with Crippen molar-refractivity contribution >= 4 is 12.6 Å². The van der Waals surface area contributed by atoms with Gasteiger partial charge >= 0.3 is 7.12 Å². The molecule has 1 saturated carbocycles. The third-order valence-electron chi connectivity index (χ3n) is 5.46. The van der Waals surface area contributed by atoms with Crippen LogP contribution in [0.2, 0.25) is 0 Å². The molecule has 0 aromatic carbocycles. The van der Waals surface area contributed by atoms with Gasteiger partial charge in [0.15, 0.2) is 0 Å². The molecule has 2 fully saturated rings. The van der Waals surface area contributed by atoms with Crippen LogP contribution in [0.4, 0.5) is 0 Å². The molecule has 7 heteroatoms. The Labute approximate surface area is 159 Å². The fourth-order valence-corrected chi connectivity index (χ4v) is 2.94. The average Bonchev–Trinajstić information content (AvgIpc) is 3.39. The molecule has 0 bridgehead atoms. The number of aromatic nitrogens is 2. The molecule has 0 radical (unpaired) electrons. The number of rotatable bonds is 2. The van der Waals surface area contributed by atoms with Crippen molar-refractivity contribution in [2.45, 2.75) is 57.7 Å².